The van der Waals surface area contributed by atoms with Gasteiger partial charge in [-0.1, -0.05) is 99.0 Å². The zero-order chi connectivity index (χ0) is 26.7. The highest BCUT2D eigenvalue weighted by atomic mass is 32.1. The van der Waals surface area contributed by atoms with Crippen LogP contribution >= 0.6 is 45.3 Å². The first-order chi connectivity index (χ1) is 19.0. The maximum Gasteiger partial charge on any atom is 0.182 e. The van der Waals surface area contributed by atoms with E-state index in [0.717, 1.165) is 0 Å². The molecule has 7 heteroatoms. The van der Waals surface area contributed by atoms with Crippen LogP contribution in [0.5, 0.6) is 0 Å². The molecule has 2 radical (unpaired) electrons. The summed E-state index contributed by atoms with van der Waals surface area (Å²) in [6.07, 6.45) is 0. The second kappa shape index (κ2) is 10.1. The van der Waals surface area contributed by atoms with Crippen molar-refractivity contribution in [3.63, 3.8) is 0 Å². The molecule has 0 aliphatic carbocycles. The summed E-state index contributed by atoms with van der Waals surface area (Å²) in [5, 5.41) is 6.15. The number of thiophene rings is 4. The molecule has 39 heavy (non-hydrogen) atoms. The molecule has 0 fully saturated rings. The van der Waals surface area contributed by atoms with Gasteiger partial charge in [0.05, 0.1) is 17.6 Å². The molecule has 1 aliphatic rings. The predicted molar refractivity (Wildman–Crippen MR) is 186 cm³/mol. The molecular weight excluding hydrogens is 597 g/mol. The van der Waals surface area contributed by atoms with Crippen molar-refractivity contribution in [1.29, 1.82) is 0 Å². The Morgan fingerprint density at radius 3 is 1.23 bits per heavy atom. The van der Waals surface area contributed by atoms with Gasteiger partial charge in [-0.3, -0.25) is 0 Å². The van der Waals surface area contributed by atoms with Gasteiger partial charge >= 0.3 is 0 Å². The Balaban J connectivity index is 1.51. The van der Waals surface area contributed by atoms with Gasteiger partial charge in [-0.2, -0.15) is 0 Å². The first kappa shape index (κ1) is 25.8. The van der Waals surface area contributed by atoms with Crippen molar-refractivity contribution in [3.05, 3.63) is 97.1 Å². The average molecular weight is 625 g/mol. The summed E-state index contributed by atoms with van der Waals surface area (Å²) in [6.45, 7) is 9.59. The van der Waals surface area contributed by atoms with Crippen molar-refractivity contribution in [1.82, 2.24) is 0 Å². The first-order valence-electron chi connectivity index (χ1n) is 13.2. The van der Waals surface area contributed by atoms with Crippen LogP contribution in [0, 0.1) is 0 Å². The van der Waals surface area contributed by atoms with Crippen LogP contribution < -0.4 is 29.7 Å². The molecule has 0 saturated heterocycles. The fraction of sp³-hybridized carbons (Fsp3) is 0.125. The summed E-state index contributed by atoms with van der Waals surface area (Å²) in [7, 11) is -3.32. The third kappa shape index (κ3) is 4.13. The number of fused-ring (bicyclic) bond motifs is 3. The molecule has 192 valence electrons. The van der Waals surface area contributed by atoms with Gasteiger partial charge < -0.3 is 0 Å². The van der Waals surface area contributed by atoms with Crippen molar-refractivity contribution < 1.29 is 0 Å². The molecule has 0 spiro atoms. The summed E-state index contributed by atoms with van der Waals surface area (Å²) in [5.41, 5.74) is 0. The maximum absolute atomic E-state index is 2.58. The van der Waals surface area contributed by atoms with Crippen LogP contribution in [0.15, 0.2) is 97.1 Å². The summed E-state index contributed by atoms with van der Waals surface area (Å²) in [5.74, 6) is 0. The Morgan fingerprint density at radius 2 is 0.872 bits per heavy atom. The van der Waals surface area contributed by atoms with Gasteiger partial charge in [0, 0.05) is 29.3 Å². The number of benzene rings is 2. The second-order valence-electron chi connectivity index (χ2n) is 10.5. The van der Waals surface area contributed by atoms with Crippen LogP contribution in [-0.4, -0.2) is 25.7 Å². The summed E-state index contributed by atoms with van der Waals surface area (Å²) < 4.78 is 3.14. The van der Waals surface area contributed by atoms with Gasteiger partial charge in [0.2, 0.25) is 0 Å². The minimum atomic E-state index is -2.44. The van der Waals surface area contributed by atoms with Crippen LogP contribution in [0.2, 0.25) is 26.2 Å². The van der Waals surface area contributed by atoms with E-state index in [1.807, 2.05) is 45.3 Å². The Kier molecular flexibility index (Phi) is 6.67. The monoisotopic (exact) mass is 624 g/mol. The van der Waals surface area contributed by atoms with Crippen molar-refractivity contribution in [2.24, 2.45) is 0 Å². The topological polar surface area (TPSA) is 0 Å². The van der Waals surface area contributed by atoms with Crippen molar-refractivity contribution in [2.45, 2.75) is 26.2 Å². The van der Waals surface area contributed by atoms with Gasteiger partial charge in [0.1, 0.15) is 0 Å². The number of hydrogen-bond donors (Lipinski definition) is 0. The van der Waals surface area contributed by atoms with Gasteiger partial charge in [-0.05, 0) is 54.0 Å². The van der Waals surface area contributed by atoms with Gasteiger partial charge in [0.25, 0.3) is 0 Å². The fourth-order valence-corrected chi connectivity index (χ4v) is 19.3. The van der Waals surface area contributed by atoms with Crippen molar-refractivity contribution in [2.75, 3.05) is 0 Å². The second-order valence-corrected chi connectivity index (χ2v) is 24.3. The smallest absolute Gasteiger partial charge is 0.144 e. The maximum atomic E-state index is 2.58. The molecule has 5 heterocycles. The van der Waals surface area contributed by atoms with Gasteiger partial charge in [-0.25, -0.2) is 0 Å². The number of rotatable bonds is 6. The van der Waals surface area contributed by atoms with E-state index < -0.39 is 25.7 Å². The van der Waals surface area contributed by atoms with E-state index >= 15 is 0 Å². The van der Waals surface area contributed by atoms with E-state index in [1.54, 1.807) is 19.4 Å². The van der Waals surface area contributed by atoms with E-state index in [2.05, 4.69) is 123 Å². The molecule has 0 nitrogen and oxygen atoms in total. The lowest BCUT2D eigenvalue weighted by Gasteiger charge is -2.30. The molecule has 0 amide bonds. The van der Waals surface area contributed by atoms with E-state index in [1.165, 1.54) is 39.6 Å². The van der Waals surface area contributed by atoms with Crippen LogP contribution in [0.1, 0.15) is 0 Å². The summed E-state index contributed by atoms with van der Waals surface area (Å²) in [4.78, 5) is 8.76. The van der Waals surface area contributed by atoms with Crippen LogP contribution in [0.25, 0.3) is 29.3 Å². The molecule has 4 aromatic heterocycles. The highest BCUT2D eigenvalue weighted by molar-refractivity contribution is 7.38. The third-order valence-corrected chi connectivity index (χ3v) is 22.7. The Morgan fingerprint density at radius 1 is 0.462 bits per heavy atom. The molecule has 7 rings (SSSR count). The molecule has 0 bridgehead atoms. The van der Waals surface area contributed by atoms with Crippen LogP contribution in [0.3, 0.4) is 0 Å². The molecule has 0 unspecified atom stereocenters. The lowest BCUT2D eigenvalue weighted by atomic mass is 10.3. The minimum Gasteiger partial charge on any atom is -0.144 e. The fourth-order valence-electron chi connectivity index (χ4n) is 5.71. The van der Waals surface area contributed by atoms with Gasteiger partial charge in [0.15, 0.2) is 8.07 Å². The molecule has 2 aromatic carbocycles. The lowest BCUT2D eigenvalue weighted by Crippen LogP contribution is -2.72. The molecule has 0 saturated carbocycles. The van der Waals surface area contributed by atoms with Crippen molar-refractivity contribution >= 4 is 101 Å². The normalized spacial score (nSPS) is 13.8. The van der Waals surface area contributed by atoms with Crippen molar-refractivity contribution in [3.8, 4) is 29.3 Å². The summed E-state index contributed by atoms with van der Waals surface area (Å²) >= 11 is 8.08. The zero-order valence-electron chi connectivity index (χ0n) is 22.4. The lowest BCUT2D eigenvalue weighted by molar-refractivity contribution is 1.71. The Hall–Kier alpha value is -2.11. The Labute approximate surface area is 251 Å². The van der Waals surface area contributed by atoms with Crippen LogP contribution in [0.4, 0.5) is 0 Å². The molecule has 0 N–H and O–H groups in total. The van der Waals surface area contributed by atoms with E-state index in [0.29, 0.717) is 0 Å². The molecular formula is C32H28S4Si3. The minimum absolute atomic E-state index is 0.443. The Bertz CT molecular complexity index is 1640. The quantitative estimate of drug-likeness (QED) is 0.184. The standard InChI is InChI=1S/C32H28S4Si3/c1-37(2)29-17-15-23(33-29)25-19-27-31(35-25)32-28(20-26(36-32)24-16-18-30(34-24)38(3)4)39(27,21-11-7-5-8-12-21)22-13-9-6-10-14-22/h5-20H,1-4H3. The van der Waals surface area contributed by atoms with E-state index in [-0.39, 0.29) is 0 Å². The van der Waals surface area contributed by atoms with Gasteiger partial charge in [-0.15, -0.1) is 45.3 Å². The average Bonchev–Trinajstić information content (AvgIpc) is 3.76. The predicted octanol–water partition coefficient (Wildman–Crippen LogP) is 6.55. The zero-order valence-corrected chi connectivity index (χ0v) is 28.6. The highest BCUT2D eigenvalue weighted by Gasteiger charge is 2.51. The molecule has 1 aliphatic heterocycles. The first-order valence-corrected chi connectivity index (χ1v) is 23.4. The largest absolute Gasteiger partial charge is 0.182 e. The third-order valence-electron chi connectivity index (χ3n) is 7.58. The van der Waals surface area contributed by atoms with E-state index in [4.69, 9.17) is 0 Å². The molecule has 6 aromatic rings. The SMILES string of the molecule is C[Si](C)c1ccc(-c2cc3c(s2)-c2sc(-c4ccc([Si](C)C)s4)cc2[Si]3(c2ccccc2)c2ccccc2)s1. The molecule has 0 atom stereocenters. The highest BCUT2D eigenvalue weighted by Crippen LogP contribution is 2.45. The van der Waals surface area contributed by atoms with E-state index in [9.17, 15) is 0 Å². The summed E-state index contributed by atoms with van der Waals surface area (Å²) in [6, 6.07) is 37.5. The van der Waals surface area contributed by atoms with Crippen LogP contribution in [-0.2, 0) is 0 Å². The number of hydrogen-bond acceptors (Lipinski definition) is 4.